The van der Waals surface area contributed by atoms with Crippen LogP contribution in [0.1, 0.15) is 32.1 Å². The number of imide groups is 1. The molecule has 5 nitrogen and oxygen atoms in total. The van der Waals surface area contributed by atoms with E-state index in [0.29, 0.717) is 22.9 Å². The van der Waals surface area contributed by atoms with Crippen molar-refractivity contribution in [3.63, 3.8) is 0 Å². The average molecular weight is 365 g/mol. The average Bonchev–Trinajstić information content (AvgIpc) is 2.88. The minimum Gasteiger partial charge on any atom is -0.336 e. The highest BCUT2D eigenvalue weighted by molar-refractivity contribution is 6.10. The predicted octanol–water partition coefficient (Wildman–Crippen LogP) is 3.03. The molecule has 2 amide bonds. The van der Waals surface area contributed by atoms with Crippen molar-refractivity contribution in [2.75, 3.05) is 0 Å². The third-order valence-electron chi connectivity index (χ3n) is 3.24. The quantitative estimate of drug-likeness (QED) is 0.657. The fraction of sp³-hybridized carbons (Fsp3) is 0.214. The molecule has 0 saturated heterocycles. The standard InChI is InChI=1S/C14H9F6N3O2/c1-23-9(2-3-10(23)14(18,19)20)12(25)22-11(24)7-6-21-5-4-8(7)13(15,16)17/h2-6H,1H3,(H,22,24,25). The van der Waals surface area contributed by atoms with Crippen LogP contribution in [-0.4, -0.2) is 21.4 Å². The van der Waals surface area contributed by atoms with Crippen LogP contribution in [0.15, 0.2) is 30.6 Å². The first-order chi connectivity index (χ1) is 11.4. The summed E-state index contributed by atoms with van der Waals surface area (Å²) in [5.41, 5.74) is -3.94. The van der Waals surface area contributed by atoms with Crippen molar-refractivity contribution in [2.24, 2.45) is 7.05 Å². The summed E-state index contributed by atoms with van der Waals surface area (Å²) in [7, 11) is 0.938. The summed E-state index contributed by atoms with van der Waals surface area (Å²) in [4.78, 5) is 27.2. The van der Waals surface area contributed by atoms with Gasteiger partial charge in [0.05, 0.1) is 11.1 Å². The van der Waals surface area contributed by atoms with Crippen molar-refractivity contribution >= 4 is 11.8 Å². The number of halogens is 6. The molecule has 25 heavy (non-hydrogen) atoms. The lowest BCUT2D eigenvalue weighted by atomic mass is 10.1. The molecule has 0 bridgehead atoms. The number of rotatable bonds is 2. The fourth-order valence-corrected chi connectivity index (χ4v) is 2.08. The Kier molecular flexibility index (Phi) is 4.60. The van der Waals surface area contributed by atoms with E-state index in [4.69, 9.17) is 0 Å². The monoisotopic (exact) mass is 365 g/mol. The van der Waals surface area contributed by atoms with Crippen LogP contribution in [0.3, 0.4) is 0 Å². The zero-order valence-corrected chi connectivity index (χ0v) is 12.4. The lowest BCUT2D eigenvalue weighted by Gasteiger charge is -2.12. The molecular formula is C14H9F6N3O2. The molecule has 0 spiro atoms. The zero-order chi connectivity index (χ0) is 19.0. The second kappa shape index (κ2) is 6.22. The van der Waals surface area contributed by atoms with Gasteiger partial charge < -0.3 is 4.57 Å². The summed E-state index contributed by atoms with van der Waals surface area (Å²) in [6.45, 7) is 0. The molecule has 0 aliphatic rings. The van der Waals surface area contributed by atoms with E-state index in [1.807, 2.05) is 0 Å². The number of nitrogens with one attached hydrogen (secondary N) is 1. The summed E-state index contributed by atoms with van der Waals surface area (Å²) < 4.78 is 77.1. The molecule has 2 rings (SSSR count). The van der Waals surface area contributed by atoms with E-state index in [2.05, 4.69) is 4.98 Å². The second-order valence-electron chi connectivity index (χ2n) is 4.86. The number of pyridine rings is 1. The van der Waals surface area contributed by atoms with Gasteiger partial charge in [0, 0.05) is 19.4 Å². The maximum absolute atomic E-state index is 12.8. The van der Waals surface area contributed by atoms with Crippen molar-refractivity contribution in [1.82, 2.24) is 14.9 Å². The van der Waals surface area contributed by atoms with Crippen LogP contribution in [-0.2, 0) is 19.4 Å². The minimum atomic E-state index is -4.87. The van der Waals surface area contributed by atoms with Gasteiger partial charge in [0.1, 0.15) is 11.4 Å². The Morgan fingerprint density at radius 3 is 2.16 bits per heavy atom. The Labute approximate surface area is 136 Å². The van der Waals surface area contributed by atoms with Crippen LogP contribution < -0.4 is 5.32 Å². The number of hydrogen-bond donors (Lipinski definition) is 1. The van der Waals surface area contributed by atoms with Crippen molar-refractivity contribution in [3.8, 4) is 0 Å². The molecule has 11 heteroatoms. The van der Waals surface area contributed by atoms with Crippen LogP contribution in [0.4, 0.5) is 26.3 Å². The molecule has 0 aliphatic carbocycles. The second-order valence-corrected chi connectivity index (χ2v) is 4.86. The molecule has 2 heterocycles. The van der Waals surface area contributed by atoms with Crippen molar-refractivity contribution in [3.05, 3.63) is 53.1 Å². The number of nitrogens with zero attached hydrogens (tertiary/aromatic N) is 2. The predicted molar refractivity (Wildman–Crippen MR) is 71.5 cm³/mol. The van der Waals surface area contributed by atoms with E-state index in [1.165, 1.54) is 0 Å². The van der Waals surface area contributed by atoms with Gasteiger partial charge in [0.25, 0.3) is 11.8 Å². The zero-order valence-electron chi connectivity index (χ0n) is 12.4. The van der Waals surface area contributed by atoms with E-state index >= 15 is 0 Å². The largest absolute Gasteiger partial charge is 0.431 e. The number of carbonyl (C=O) groups is 2. The Bertz CT molecular complexity index is 823. The maximum Gasteiger partial charge on any atom is 0.431 e. The van der Waals surface area contributed by atoms with Gasteiger partial charge in [-0.2, -0.15) is 26.3 Å². The molecular weight excluding hydrogens is 356 g/mol. The topological polar surface area (TPSA) is 64.0 Å². The third-order valence-corrected chi connectivity index (χ3v) is 3.24. The first kappa shape index (κ1) is 18.5. The van der Waals surface area contributed by atoms with Gasteiger partial charge in [-0.3, -0.25) is 19.9 Å². The number of amides is 2. The van der Waals surface area contributed by atoms with Crippen LogP contribution in [0.25, 0.3) is 0 Å². The summed E-state index contributed by atoms with van der Waals surface area (Å²) >= 11 is 0. The van der Waals surface area contributed by atoms with E-state index in [-0.39, 0.29) is 0 Å². The van der Waals surface area contributed by atoms with Crippen molar-refractivity contribution < 1.29 is 35.9 Å². The van der Waals surface area contributed by atoms with Crippen molar-refractivity contribution in [1.29, 1.82) is 0 Å². The maximum atomic E-state index is 12.8. The molecule has 0 fully saturated rings. The number of alkyl halides is 6. The molecule has 0 saturated carbocycles. The van der Waals surface area contributed by atoms with Crippen LogP contribution in [0.2, 0.25) is 0 Å². The molecule has 134 valence electrons. The highest BCUT2D eigenvalue weighted by Gasteiger charge is 2.37. The lowest BCUT2D eigenvalue weighted by molar-refractivity contribution is -0.143. The summed E-state index contributed by atoms with van der Waals surface area (Å²) in [6, 6.07) is 1.97. The van der Waals surface area contributed by atoms with Gasteiger partial charge in [-0.25, -0.2) is 0 Å². The smallest absolute Gasteiger partial charge is 0.336 e. The van der Waals surface area contributed by atoms with Gasteiger partial charge in [-0.05, 0) is 18.2 Å². The molecule has 0 atom stereocenters. The van der Waals surface area contributed by atoms with E-state index in [9.17, 15) is 35.9 Å². The molecule has 0 aliphatic heterocycles. The van der Waals surface area contributed by atoms with Gasteiger partial charge in [0.2, 0.25) is 0 Å². The first-order valence-electron chi connectivity index (χ1n) is 6.52. The molecule has 0 aromatic carbocycles. The Morgan fingerprint density at radius 1 is 1.00 bits per heavy atom. The molecule has 0 radical (unpaired) electrons. The van der Waals surface area contributed by atoms with Gasteiger partial charge in [-0.15, -0.1) is 0 Å². The number of hydrogen-bond acceptors (Lipinski definition) is 3. The molecule has 0 unspecified atom stereocenters. The minimum absolute atomic E-state index is 0.483. The Morgan fingerprint density at radius 2 is 1.64 bits per heavy atom. The summed E-state index contributed by atoms with van der Waals surface area (Å²) in [5, 5.41) is 1.62. The van der Waals surface area contributed by atoms with E-state index in [1.54, 1.807) is 5.32 Å². The highest BCUT2D eigenvalue weighted by Crippen LogP contribution is 2.32. The first-order valence-corrected chi connectivity index (χ1v) is 6.52. The molecule has 2 aromatic rings. The Balaban J connectivity index is 2.29. The van der Waals surface area contributed by atoms with Crippen LogP contribution in [0, 0.1) is 0 Å². The molecule has 1 N–H and O–H groups in total. The SMILES string of the molecule is Cn1c(C(=O)NC(=O)c2cnccc2C(F)(F)F)ccc1C(F)(F)F. The lowest BCUT2D eigenvalue weighted by Crippen LogP contribution is -2.33. The van der Waals surface area contributed by atoms with Crippen molar-refractivity contribution in [2.45, 2.75) is 12.4 Å². The third kappa shape index (κ3) is 3.80. The highest BCUT2D eigenvalue weighted by atomic mass is 19.4. The van der Waals surface area contributed by atoms with Crippen LogP contribution >= 0.6 is 0 Å². The van der Waals surface area contributed by atoms with Crippen LogP contribution in [0.5, 0.6) is 0 Å². The normalized spacial score (nSPS) is 12.1. The van der Waals surface area contributed by atoms with Gasteiger partial charge in [0.15, 0.2) is 0 Å². The van der Waals surface area contributed by atoms with Gasteiger partial charge in [-0.1, -0.05) is 0 Å². The summed E-state index contributed by atoms with van der Waals surface area (Å²) in [6.07, 6.45) is -8.18. The van der Waals surface area contributed by atoms with E-state index < -0.39 is 46.7 Å². The summed E-state index contributed by atoms with van der Waals surface area (Å²) in [5.74, 6) is -2.71. The van der Waals surface area contributed by atoms with E-state index in [0.717, 1.165) is 19.3 Å². The van der Waals surface area contributed by atoms with Gasteiger partial charge >= 0.3 is 12.4 Å². The Hall–Kier alpha value is -2.85. The number of aromatic nitrogens is 2. The fourth-order valence-electron chi connectivity index (χ4n) is 2.08. The number of carbonyl (C=O) groups excluding carboxylic acids is 2. The molecule has 2 aromatic heterocycles.